The van der Waals surface area contributed by atoms with Gasteiger partial charge in [0.15, 0.2) is 11.5 Å². The van der Waals surface area contributed by atoms with Gasteiger partial charge in [-0.05, 0) is 60.1 Å². The Labute approximate surface area is 223 Å². The standard InChI is InChI=1S/C30H36N2O6/c1-36-23-9-6-20(7-10-23)29-28(30(34)35)24(21-8-11-25-26(14-21)38-18-37-25)16-32(29)17-27(33)31-13-12-19-4-2-3-5-22(19)15-31/h6-11,14,19,22,24,28-29H,2-5,12-13,15-18H2,1H3,(H,34,35)/t19?,22?,24-,28+,29-/m1/s1. The number of piperidine rings is 1. The van der Waals surface area contributed by atoms with Gasteiger partial charge in [0.2, 0.25) is 12.7 Å². The second kappa shape index (κ2) is 10.5. The number of carbonyl (C=O) groups is 2. The molecule has 1 N–H and O–H groups in total. The predicted molar refractivity (Wildman–Crippen MR) is 140 cm³/mol. The number of benzene rings is 2. The van der Waals surface area contributed by atoms with Crippen molar-refractivity contribution in [2.24, 2.45) is 17.8 Å². The molecule has 2 unspecified atom stereocenters. The molecule has 3 heterocycles. The zero-order valence-corrected chi connectivity index (χ0v) is 21.9. The molecule has 6 rings (SSSR count). The summed E-state index contributed by atoms with van der Waals surface area (Å²) in [6.07, 6.45) is 6.14. The van der Waals surface area contributed by atoms with Crippen molar-refractivity contribution < 1.29 is 28.9 Å². The van der Waals surface area contributed by atoms with Crippen LogP contribution in [0, 0.1) is 17.8 Å². The highest BCUT2D eigenvalue weighted by Gasteiger charge is 2.48. The smallest absolute Gasteiger partial charge is 0.309 e. The third kappa shape index (κ3) is 4.70. The molecule has 38 heavy (non-hydrogen) atoms. The van der Waals surface area contributed by atoms with Gasteiger partial charge in [-0.25, -0.2) is 0 Å². The fraction of sp³-hybridized carbons (Fsp3) is 0.533. The number of amides is 1. The number of carbonyl (C=O) groups excluding carboxylic acids is 1. The van der Waals surface area contributed by atoms with Gasteiger partial charge in [-0.2, -0.15) is 0 Å². The van der Waals surface area contributed by atoms with Crippen molar-refractivity contribution in [3.05, 3.63) is 53.6 Å². The van der Waals surface area contributed by atoms with Crippen molar-refractivity contribution in [3.63, 3.8) is 0 Å². The molecule has 0 radical (unpaired) electrons. The fourth-order valence-corrected chi connectivity index (χ4v) is 7.17. The molecule has 202 valence electrons. The van der Waals surface area contributed by atoms with E-state index in [1.165, 1.54) is 25.7 Å². The van der Waals surface area contributed by atoms with E-state index in [9.17, 15) is 14.7 Å². The summed E-state index contributed by atoms with van der Waals surface area (Å²) in [4.78, 5) is 30.6. The van der Waals surface area contributed by atoms with Crippen molar-refractivity contribution in [2.45, 2.75) is 44.1 Å². The third-order valence-corrected chi connectivity index (χ3v) is 9.15. The van der Waals surface area contributed by atoms with E-state index in [4.69, 9.17) is 14.2 Å². The van der Waals surface area contributed by atoms with Crippen LogP contribution < -0.4 is 14.2 Å². The van der Waals surface area contributed by atoms with E-state index in [1.807, 2.05) is 47.4 Å². The van der Waals surface area contributed by atoms with Gasteiger partial charge >= 0.3 is 5.97 Å². The van der Waals surface area contributed by atoms with Crippen molar-refractivity contribution in [1.82, 2.24) is 9.80 Å². The molecule has 2 aromatic carbocycles. The van der Waals surface area contributed by atoms with Crippen LogP contribution in [0.15, 0.2) is 42.5 Å². The second-order valence-corrected chi connectivity index (χ2v) is 11.2. The van der Waals surface area contributed by atoms with Crippen LogP contribution in [-0.2, 0) is 9.59 Å². The lowest BCUT2D eigenvalue weighted by Crippen LogP contribution is -2.48. The number of methoxy groups -OCH3 is 1. The molecule has 2 aromatic rings. The first-order valence-electron chi connectivity index (χ1n) is 13.8. The highest BCUT2D eigenvalue weighted by atomic mass is 16.7. The van der Waals surface area contributed by atoms with E-state index >= 15 is 0 Å². The number of carboxylic acid groups (broad SMARTS) is 1. The average molecular weight is 521 g/mol. The first-order chi connectivity index (χ1) is 18.5. The Kier molecular flexibility index (Phi) is 6.91. The van der Waals surface area contributed by atoms with E-state index in [0.29, 0.717) is 29.7 Å². The van der Waals surface area contributed by atoms with Crippen LogP contribution in [0.5, 0.6) is 17.2 Å². The lowest BCUT2D eigenvalue weighted by molar-refractivity contribution is -0.144. The molecule has 0 aromatic heterocycles. The summed E-state index contributed by atoms with van der Waals surface area (Å²) in [5, 5.41) is 10.5. The first-order valence-corrected chi connectivity index (χ1v) is 13.8. The van der Waals surface area contributed by atoms with Crippen LogP contribution in [-0.4, -0.2) is 66.9 Å². The molecule has 1 aliphatic carbocycles. The molecule has 2 saturated heterocycles. The number of likely N-dealkylation sites (tertiary alicyclic amines) is 2. The molecule has 3 fully saturated rings. The van der Waals surface area contributed by atoms with Crippen LogP contribution >= 0.6 is 0 Å². The van der Waals surface area contributed by atoms with Gasteiger partial charge in [0, 0.05) is 31.6 Å². The number of hydrogen-bond acceptors (Lipinski definition) is 6. The van der Waals surface area contributed by atoms with Crippen molar-refractivity contribution in [3.8, 4) is 17.2 Å². The largest absolute Gasteiger partial charge is 0.497 e. The summed E-state index contributed by atoms with van der Waals surface area (Å²) in [6.45, 7) is 2.48. The number of nitrogens with zero attached hydrogens (tertiary/aromatic N) is 2. The molecular weight excluding hydrogens is 484 g/mol. The minimum atomic E-state index is -0.869. The normalized spacial score (nSPS) is 28.7. The summed E-state index contributed by atoms with van der Waals surface area (Å²) in [5.41, 5.74) is 1.76. The summed E-state index contributed by atoms with van der Waals surface area (Å²) in [6, 6.07) is 12.8. The van der Waals surface area contributed by atoms with Gasteiger partial charge in [-0.3, -0.25) is 14.5 Å². The summed E-state index contributed by atoms with van der Waals surface area (Å²) >= 11 is 0. The zero-order valence-electron chi connectivity index (χ0n) is 21.9. The summed E-state index contributed by atoms with van der Waals surface area (Å²) in [5.74, 6) is 1.58. The van der Waals surface area contributed by atoms with Crippen LogP contribution in [0.2, 0.25) is 0 Å². The number of fused-ring (bicyclic) bond motifs is 2. The number of ether oxygens (including phenoxy) is 3. The Morgan fingerprint density at radius 2 is 1.68 bits per heavy atom. The Morgan fingerprint density at radius 3 is 2.45 bits per heavy atom. The molecule has 0 spiro atoms. The maximum atomic E-state index is 13.7. The quantitative estimate of drug-likeness (QED) is 0.607. The molecule has 5 atom stereocenters. The number of aliphatic carboxylic acids is 1. The Hall–Kier alpha value is -3.26. The van der Waals surface area contributed by atoms with Crippen LogP contribution in [0.4, 0.5) is 0 Å². The second-order valence-electron chi connectivity index (χ2n) is 11.2. The van der Waals surface area contributed by atoms with Gasteiger partial charge < -0.3 is 24.2 Å². The van der Waals surface area contributed by atoms with E-state index in [1.54, 1.807) is 7.11 Å². The zero-order chi connectivity index (χ0) is 26.2. The van der Waals surface area contributed by atoms with Crippen molar-refractivity contribution in [2.75, 3.05) is 40.1 Å². The molecule has 1 amide bonds. The van der Waals surface area contributed by atoms with Crippen LogP contribution in [0.25, 0.3) is 0 Å². The Balaban J connectivity index is 1.29. The molecule has 0 bridgehead atoms. The number of rotatable bonds is 6. The van der Waals surface area contributed by atoms with Crippen LogP contribution in [0.3, 0.4) is 0 Å². The van der Waals surface area contributed by atoms with Gasteiger partial charge in [0.05, 0.1) is 19.6 Å². The highest BCUT2D eigenvalue weighted by Crippen LogP contribution is 2.48. The molecule has 3 aliphatic heterocycles. The molecule has 8 nitrogen and oxygen atoms in total. The van der Waals surface area contributed by atoms with E-state index in [0.717, 1.165) is 36.6 Å². The van der Waals surface area contributed by atoms with Crippen molar-refractivity contribution in [1.29, 1.82) is 0 Å². The first kappa shape index (κ1) is 25.0. The van der Waals surface area contributed by atoms with E-state index < -0.39 is 17.9 Å². The maximum Gasteiger partial charge on any atom is 0.309 e. The summed E-state index contributed by atoms with van der Waals surface area (Å²) < 4.78 is 16.4. The predicted octanol–water partition coefficient (Wildman–Crippen LogP) is 4.30. The minimum absolute atomic E-state index is 0.100. The van der Waals surface area contributed by atoms with Crippen LogP contribution in [0.1, 0.15) is 55.2 Å². The van der Waals surface area contributed by atoms with Gasteiger partial charge in [0.25, 0.3) is 0 Å². The molecule has 8 heteroatoms. The number of hydrogen-bond donors (Lipinski definition) is 1. The highest BCUT2D eigenvalue weighted by molar-refractivity contribution is 5.79. The van der Waals surface area contributed by atoms with E-state index in [-0.39, 0.29) is 25.2 Å². The Morgan fingerprint density at radius 1 is 0.947 bits per heavy atom. The lowest BCUT2D eigenvalue weighted by Gasteiger charge is -2.42. The molecular formula is C30H36N2O6. The average Bonchev–Trinajstić information content (AvgIpc) is 3.57. The van der Waals surface area contributed by atoms with E-state index in [2.05, 4.69) is 4.90 Å². The van der Waals surface area contributed by atoms with Crippen molar-refractivity contribution >= 4 is 11.9 Å². The third-order valence-electron chi connectivity index (χ3n) is 9.15. The topological polar surface area (TPSA) is 88.5 Å². The fourth-order valence-electron chi connectivity index (χ4n) is 7.17. The summed E-state index contributed by atoms with van der Waals surface area (Å²) in [7, 11) is 1.61. The molecule has 4 aliphatic rings. The lowest BCUT2D eigenvalue weighted by atomic mass is 9.75. The van der Waals surface area contributed by atoms with Gasteiger partial charge in [0.1, 0.15) is 5.75 Å². The van der Waals surface area contributed by atoms with Gasteiger partial charge in [-0.1, -0.05) is 37.5 Å². The van der Waals surface area contributed by atoms with Gasteiger partial charge in [-0.15, -0.1) is 0 Å². The SMILES string of the molecule is COc1ccc([C@@H]2[C@@H](C(=O)O)[C@@H](c3ccc4c(c3)OCO4)CN2CC(=O)N2CCC3CCCCC3C2)cc1. The minimum Gasteiger partial charge on any atom is -0.497 e. The molecule has 1 saturated carbocycles. The maximum absolute atomic E-state index is 13.7. The Bertz CT molecular complexity index is 1180. The number of carboxylic acids is 1. The monoisotopic (exact) mass is 520 g/mol.